The molecule has 15 heavy (non-hydrogen) atoms. The van der Waals surface area contributed by atoms with Crippen molar-refractivity contribution in [2.75, 3.05) is 19.6 Å². The molecule has 0 radical (unpaired) electrons. The first kappa shape index (κ1) is 12.7. The molecule has 2 heteroatoms. The van der Waals surface area contributed by atoms with Gasteiger partial charge in [0.05, 0.1) is 6.54 Å². The second-order valence-electron chi connectivity index (χ2n) is 5.25. The summed E-state index contributed by atoms with van der Waals surface area (Å²) in [6.45, 7) is 11.6. The van der Waals surface area contributed by atoms with Crippen LogP contribution >= 0.6 is 0 Å². The second-order valence-corrected chi connectivity index (χ2v) is 5.25. The van der Waals surface area contributed by atoms with Gasteiger partial charge in [-0.2, -0.15) is 0 Å². The third kappa shape index (κ3) is 3.60. The molecule has 88 valence electrons. The Balaban J connectivity index is 2.36. The second kappa shape index (κ2) is 5.64. The Labute approximate surface area is 94.0 Å². The largest absolute Gasteiger partial charge is 0.298 e. The number of piperidine rings is 1. The molecular weight excluding hydrogens is 186 g/mol. The van der Waals surface area contributed by atoms with Crippen molar-refractivity contribution in [1.82, 2.24) is 4.90 Å². The van der Waals surface area contributed by atoms with Gasteiger partial charge >= 0.3 is 0 Å². The van der Waals surface area contributed by atoms with Gasteiger partial charge in [0.15, 0.2) is 0 Å². The van der Waals surface area contributed by atoms with Crippen LogP contribution in [0.2, 0.25) is 0 Å². The number of likely N-dealkylation sites (tertiary alicyclic amines) is 1. The molecule has 0 aliphatic carbocycles. The Morgan fingerprint density at radius 3 is 2.60 bits per heavy atom. The van der Waals surface area contributed by atoms with Gasteiger partial charge in [-0.3, -0.25) is 9.69 Å². The number of carbonyl (C=O) groups is 1. The fourth-order valence-electron chi connectivity index (χ4n) is 2.10. The number of Topliss-reactive ketones (excluding diaryl/α,β-unsaturated/α-hetero) is 1. The molecule has 3 atom stereocenters. The van der Waals surface area contributed by atoms with Gasteiger partial charge in [0.25, 0.3) is 0 Å². The van der Waals surface area contributed by atoms with Crippen molar-refractivity contribution in [3.63, 3.8) is 0 Å². The van der Waals surface area contributed by atoms with Crippen LogP contribution in [-0.4, -0.2) is 30.3 Å². The van der Waals surface area contributed by atoms with Crippen LogP contribution in [0.15, 0.2) is 0 Å². The average Bonchev–Trinajstić information content (AvgIpc) is 2.22. The van der Waals surface area contributed by atoms with Gasteiger partial charge in [0.2, 0.25) is 0 Å². The lowest BCUT2D eigenvalue weighted by atomic mass is 9.88. The fraction of sp³-hybridized carbons (Fsp3) is 0.923. The zero-order chi connectivity index (χ0) is 11.4. The summed E-state index contributed by atoms with van der Waals surface area (Å²) < 4.78 is 0. The lowest BCUT2D eigenvalue weighted by molar-refractivity contribution is -0.124. The summed E-state index contributed by atoms with van der Waals surface area (Å²) in [4.78, 5) is 14.1. The summed E-state index contributed by atoms with van der Waals surface area (Å²) in [6, 6.07) is 0. The van der Waals surface area contributed by atoms with E-state index in [2.05, 4.69) is 25.7 Å². The molecule has 0 bridgehead atoms. The summed E-state index contributed by atoms with van der Waals surface area (Å²) in [5.41, 5.74) is 0. The van der Waals surface area contributed by atoms with E-state index in [-0.39, 0.29) is 5.92 Å². The molecule has 1 aliphatic heterocycles. The quantitative estimate of drug-likeness (QED) is 0.712. The van der Waals surface area contributed by atoms with Crippen molar-refractivity contribution in [1.29, 1.82) is 0 Å². The van der Waals surface area contributed by atoms with Gasteiger partial charge in [-0.25, -0.2) is 0 Å². The Hall–Kier alpha value is -0.370. The highest BCUT2D eigenvalue weighted by molar-refractivity contribution is 5.82. The Bertz CT molecular complexity index is 215. The van der Waals surface area contributed by atoms with Gasteiger partial charge in [-0.05, 0) is 31.2 Å². The Morgan fingerprint density at radius 2 is 2.07 bits per heavy atom. The summed E-state index contributed by atoms with van der Waals surface area (Å²) >= 11 is 0. The SMILES string of the molecule is CCC(C)C(=O)CN1CCC(C)C(C)C1. The molecule has 2 nitrogen and oxygen atoms in total. The van der Waals surface area contributed by atoms with Crippen molar-refractivity contribution in [3.8, 4) is 0 Å². The van der Waals surface area contributed by atoms with E-state index in [9.17, 15) is 4.79 Å². The molecule has 1 fully saturated rings. The molecule has 1 rings (SSSR count). The van der Waals surface area contributed by atoms with Crippen LogP contribution in [-0.2, 0) is 4.79 Å². The minimum atomic E-state index is 0.236. The van der Waals surface area contributed by atoms with Crippen LogP contribution in [0.25, 0.3) is 0 Å². The number of rotatable bonds is 4. The van der Waals surface area contributed by atoms with E-state index in [1.54, 1.807) is 0 Å². The summed E-state index contributed by atoms with van der Waals surface area (Å²) in [6.07, 6.45) is 2.22. The normalized spacial score (nSPS) is 30.1. The predicted octanol–water partition coefficient (Wildman–Crippen LogP) is 2.58. The monoisotopic (exact) mass is 211 g/mol. The number of hydrogen-bond donors (Lipinski definition) is 0. The van der Waals surface area contributed by atoms with Crippen LogP contribution in [0.3, 0.4) is 0 Å². The van der Waals surface area contributed by atoms with E-state index < -0.39 is 0 Å². The average molecular weight is 211 g/mol. The molecule has 3 unspecified atom stereocenters. The lowest BCUT2D eigenvalue weighted by Crippen LogP contribution is -2.42. The van der Waals surface area contributed by atoms with Gasteiger partial charge < -0.3 is 0 Å². The van der Waals surface area contributed by atoms with Crippen LogP contribution < -0.4 is 0 Å². The standard InChI is InChI=1S/C13H25NO/c1-5-10(2)13(15)9-14-7-6-11(3)12(4)8-14/h10-12H,5-9H2,1-4H3. The summed E-state index contributed by atoms with van der Waals surface area (Å²) in [5, 5.41) is 0. The van der Waals surface area contributed by atoms with E-state index in [1.807, 2.05) is 6.92 Å². The number of ketones is 1. The van der Waals surface area contributed by atoms with Crippen LogP contribution in [0.4, 0.5) is 0 Å². The third-order valence-electron chi connectivity index (χ3n) is 3.96. The maximum atomic E-state index is 11.8. The Kier molecular flexibility index (Phi) is 4.78. The smallest absolute Gasteiger partial charge is 0.149 e. The maximum absolute atomic E-state index is 11.8. The van der Waals surface area contributed by atoms with Crippen LogP contribution in [0.1, 0.15) is 40.5 Å². The first-order valence-electron chi connectivity index (χ1n) is 6.29. The van der Waals surface area contributed by atoms with E-state index in [1.165, 1.54) is 6.42 Å². The van der Waals surface area contributed by atoms with E-state index in [0.717, 1.165) is 31.3 Å². The lowest BCUT2D eigenvalue weighted by Gasteiger charge is -2.35. The highest BCUT2D eigenvalue weighted by atomic mass is 16.1. The van der Waals surface area contributed by atoms with E-state index in [4.69, 9.17) is 0 Å². The number of nitrogens with zero attached hydrogens (tertiary/aromatic N) is 1. The molecule has 0 aromatic heterocycles. The topological polar surface area (TPSA) is 20.3 Å². The predicted molar refractivity (Wildman–Crippen MR) is 63.8 cm³/mol. The zero-order valence-electron chi connectivity index (χ0n) is 10.6. The first-order valence-corrected chi connectivity index (χ1v) is 6.29. The van der Waals surface area contributed by atoms with Crippen molar-refractivity contribution >= 4 is 5.78 Å². The van der Waals surface area contributed by atoms with E-state index >= 15 is 0 Å². The van der Waals surface area contributed by atoms with E-state index in [0.29, 0.717) is 12.3 Å². The van der Waals surface area contributed by atoms with Gasteiger partial charge in [0, 0.05) is 12.5 Å². The van der Waals surface area contributed by atoms with Crippen LogP contribution in [0.5, 0.6) is 0 Å². The minimum absolute atomic E-state index is 0.236. The highest BCUT2D eigenvalue weighted by Gasteiger charge is 2.24. The molecule has 0 N–H and O–H groups in total. The molecular formula is C13H25NO. The molecule has 0 aromatic carbocycles. The van der Waals surface area contributed by atoms with Crippen molar-refractivity contribution in [3.05, 3.63) is 0 Å². The van der Waals surface area contributed by atoms with Gasteiger partial charge in [-0.15, -0.1) is 0 Å². The molecule has 1 aliphatic rings. The molecule has 1 saturated heterocycles. The minimum Gasteiger partial charge on any atom is -0.298 e. The first-order chi connectivity index (χ1) is 7.04. The third-order valence-corrected chi connectivity index (χ3v) is 3.96. The number of carbonyl (C=O) groups excluding carboxylic acids is 1. The van der Waals surface area contributed by atoms with Gasteiger partial charge in [0.1, 0.15) is 5.78 Å². The Morgan fingerprint density at radius 1 is 1.40 bits per heavy atom. The fourth-order valence-corrected chi connectivity index (χ4v) is 2.10. The maximum Gasteiger partial charge on any atom is 0.149 e. The van der Waals surface area contributed by atoms with Gasteiger partial charge in [-0.1, -0.05) is 27.7 Å². The summed E-state index contributed by atoms with van der Waals surface area (Å²) in [7, 11) is 0. The molecule has 0 aromatic rings. The highest BCUT2D eigenvalue weighted by Crippen LogP contribution is 2.22. The molecule has 0 spiro atoms. The van der Waals surface area contributed by atoms with Crippen molar-refractivity contribution in [2.45, 2.75) is 40.5 Å². The molecule has 0 amide bonds. The number of hydrogen-bond acceptors (Lipinski definition) is 2. The van der Waals surface area contributed by atoms with Crippen molar-refractivity contribution in [2.24, 2.45) is 17.8 Å². The molecule has 1 heterocycles. The zero-order valence-corrected chi connectivity index (χ0v) is 10.6. The summed E-state index contributed by atoms with van der Waals surface area (Å²) in [5.74, 6) is 2.21. The molecule has 0 saturated carbocycles. The van der Waals surface area contributed by atoms with Crippen molar-refractivity contribution < 1.29 is 4.79 Å². The van der Waals surface area contributed by atoms with Crippen LogP contribution in [0, 0.1) is 17.8 Å².